The van der Waals surface area contributed by atoms with Gasteiger partial charge in [0.25, 0.3) is 0 Å². The van der Waals surface area contributed by atoms with Crippen molar-refractivity contribution in [2.24, 2.45) is 0 Å². The summed E-state index contributed by atoms with van der Waals surface area (Å²) < 4.78 is 10.5. The molecule has 0 radical (unpaired) electrons. The Morgan fingerprint density at radius 1 is 1.38 bits per heavy atom. The van der Waals surface area contributed by atoms with Crippen molar-refractivity contribution in [1.29, 1.82) is 0 Å². The molecule has 0 aliphatic heterocycles. The van der Waals surface area contributed by atoms with E-state index < -0.39 is 6.10 Å². The van der Waals surface area contributed by atoms with E-state index in [-0.39, 0.29) is 0 Å². The molecule has 1 aromatic heterocycles. The first kappa shape index (κ1) is 15.9. The molecule has 2 rings (SSSR count). The van der Waals surface area contributed by atoms with E-state index in [4.69, 9.17) is 20.8 Å². The number of aliphatic hydroxyl groups excluding tert-OH is 1. The second kappa shape index (κ2) is 7.51. The summed E-state index contributed by atoms with van der Waals surface area (Å²) in [7, 11) is 3.41. The minimum Gasteiger partial charge on any atom is -0.419 e. The smallest absolute Gasteiger partial charge is 0.249 e. The first-order valence-corrected chi connectivity index (χ1v) is 6.90. The fourth-order valence-corrected chi connectivity index (χ4v) is 2.18. The maximum atomic E-state index is 9.67. The molecule has 6 nitrogen and oxygen atoms in total. The van der Waals surface area contributed by atoms with E-state index in [1.54, 1.807) is 13.2 Å². The third kappa shape index (κ3) is 4.50. The topological polar surface area (TPSA) is 71.6 Å². The maximum Gasteiger partial charge on any atom is 0.249 e. The van der Waals surface area contributed by atoms with E-state index in [0.29, 0.717) is 42.1 Å². The zero-order valence-corrected chi connectivity index (χ0v) is 12.7. The van der Waals surface area contributed by atoms with Gasteiger partial charge in [0.1, 0.15) is 0 Å². The fourth-order valence-electron chi connectivity index (χ4n) is 1.96. The van der Waals surface area contributed by atoms with Gasteiger partial charge in [0.2, 0.25) is 11.8 Å². The zero-order valence-electron chi connectivity index (χ0n) is 12.0. The van der Waals surface area contributed by atoms with Gasteiger partial charge in [0.05, 0.1) is 29.8 Å². The van der Waals surface area contributed by atoms with Crippen LogP contribution in [0.25, 0.3) is 11.5 Å². The molecule has 1 N–H and O–H groups in total. The van der Waals surface area contributed by atoms with Crippen LogP contribution in [0.2, 0.25) is 5.02 Å². The Labute approximate surface area is 128 Å². The molecular formula is C14H18ClN3O3. The van der Waals surface area contributed by atoms with Gasteiger partial charge in [0, 0.05) is 13.7 Å². The second-order valence-electron chi connectivity index (χ2n) is 4.79. The van der Waals surface area contributed by atoms with Crippen LogP contribution in [0.1, 0.15) is 5.89 Å². The van der Waals surface area contributed by atoms with Crippen LogP contribution in [-0.4, -0.2) is 53.6 Å². The fraction of sp³-hybridized carbons (Fsp3) is 0.429. The number of hydrogen-bond donors (Lipinski definition) is 1. The van der Waals surface area contributed by atoms with Crippen LogP contribution in [-0.2, 0) is 11.3 Å². The molecule has 7 heteroatoms. The lowest BCUT2D eigenvalue weighted by atomic mass is 10.2. The molecule has 0 aliphatic carbocycles. The first-order valence-electron chi connectivity index (χ1n) is 6.53. The molecule has 1 heterocycles. The Kier molecular flexibility index (Phi) is 5.69. The van der Waals surface area contributed by atoms with Crippen molar-refractivity contribution in [2.45, 2.75) is 12.6 Å². The number of halogens is 1. The molecular weight excluding hydrogens is 294 g/mol. The number of aliphatic hydroxyl groups is 1. The van der Waals surface area contributed by atoms with Crippen molar-refractivity contribution in [3.63, 3.8) is 0 Å². The van der Waals surface area contributed by atoms with E-state index in [9.17, 15) is 5.11 Å². The summed E-state index contributed by atoms with van der Waals surface area (Å²) in [5, 5.41) is 18.2. The van der Waals surface area contributed by atoms with Crippen molar-refractivity contribution >= 4 is 11.6 Å². The summed E-state index contributed by atoms with van der Waals surface area (Å²) >= 11 is 6.09. The van der Waals surface area contributed by atoms with E-state index >= 15 is 0 Å². The number of aromatic nitrogens is 2. The summed E-state index contributed by atoms with van der Waals surface area (Å²) in [5.41, 5.74) is 0.708. The SMILES string of the molecule is COCC(O)CN(C)Cc1nnc(-c2ccccc2Cl)o1. The molecule has 0 bridgehead atoms. The number of rotatable bonds is 7. The molecule has 1 aromatic carbocycles. The molecule has 0 saturated carbocycles. The van der Waals surface area contributed by atoms with Gasteiger partial charge in [-0.1, -0.05) is 23.7 Å². The van der Waals surface area contributed by atoms with Crippen LogP contribution in [0.4, 0.5) is 0 Å². The van der Waals surface area contributed by atoms with Crippen molar-refractivity contribution in [3.8, 4) is 11.5 Å². The Hall–Kier alpha value is -1.47. The molecule has 0 saturated heterocycles. The molecule has 1 unspecified atom stereocenters. The lowest BCUT2D eigenvalue weighted by Crippen LogP contribution is -2.31. The molecule has 21 heavy (non-hydrogen) atoms. The highest BCUT2D eigenvalue weighted by molar-refractivity contribution is 6.33. The van der Waals surface area contributed by atoms with Gasteiger partial charge in [-0.2, -0.15) is 0 Å². The standard InChI is InChI=1S/C14H18ClN3O3/c1-18(7-10(19)9-20-2)8-13-16-17-14(21-13)11-5-3-4-6-12(11)15/h3-6,10,19H,7-9H2,1-2H3. The Morgan fingerprint density at radius 3 is 2.86 bits per heavy atom. The van der Waals surface area contributed by atoms with Gasteiger partial charge in [-0.3, -0.25) is 4.90 Å². The number of nitrogens with zero attached hydrogens (tertiary/aromatic N) is 3. The number of methoxy groups -OCH3 is 1. The average Bonchev–Trinajstić information content (AvgIpc) is 2.87. The van der Waals surface area contributed by atoms with Gasteiger partial charge in [-0.05, 0) is 19.2 Å². The number of ether oxygens (including phenoxy) is 1. The summed E-state index contributed by atoms with van der Waals surface area (Å²) in [6.07, 6.45) is -0.550. The van der Waals surface area contributed by atoms with Crippen LogP contribution in [0.3, 0.4) is 0 Å². The Morgan fingerprint density at radius 2 is 2.14 bits per heavy atom. The Bertz CT molecular complexity index is 576. The van der Waals surface area contributed by atoms with Crippen LogP contribution in [0.5, 0.6) is 0 Å². The summed E-state index contributed by atoms with van der Waals surface area (Å²) in [4.78, 5) is 1.88. The summed E-state index contributed by atoms with van der Waals surface area (Å²) in [6, 6.07) is 7.30. The lowest BCUT2D eigenvalue weighted by Gasteiger charge is -2.18. The van der Waals surface area contributed by atoms with Crippen molar-refractivity contribution in [3.05, 3.63) is 35.2 Å². The zero-order chi connectivity index (χ0) is 15.2. The Balaban J connectivity index is 1.99. The largest absolute Gasteiger partial charge is 0.419 e. The molecule has 114 valence electrons. The average molecular weight is 312 g/mol. The van der Waals surface area contributed by atoms with Gasteiger partial charge < -0.3 is 14.3 Å². The van der Waals surface area contributed by atoms with Crippen molar-refractivity contribution < 1.29 is 14.3 Å². The monoisotopic (exact) mass is 311 g/mol. The summed E-state index contributed by atoms with van der Waals surface area (Å²) in [5.74, 6) is 0.860. The number of likely N-dealkylation sites (N-methyl/N-ethyl adjacent to an activating group) is 1. The van der Waals surface area contributed by atoms with Crippen LogP contribution in [0, 0.1) is 0 Å². The molecule has 0 spiro atoms. The first-order chi connectivity index (χ1) is 10.1. The number of benzene rings is 1. The molecule has 0 amide bonds. The minimum atomic E-state index is -0.550. The highest BCUT2D eigenvalue weighted by atomic mass is 35.5. The summed E-state index contributed by atoms with van der Waals surface area (Å²) in [6.45, 7) is 1.19. The van der Waals surface area contributed by atoms with Crippen molar-refractivity contribution in [1.82, 2.24) is 15.1 Å². The highest BCUT2D eigenvalue weighted by Gasteiger charge is 2.14. The van der Waals surface area contributed by atoms with Crippen LogP contribution in [0.15, 0.2) is 28.7 Å². The molecule has 1 atom stereocenters. The minimum absolute atomic E-state index is 0.291. The van der Waals surface area contributed by atoms with Crippen LogP contribution >= 0.6 is 11.6 Å². The van der Waals surface area contributed by atoms with Crippen LogP contribution < -0.4 is 0 Å². The third-order valence-electron chi connectivity index (χ3n) is 2.86. The molecule has 0 aliphatic rings. The normalized spacial score (nSPS) is 12.8. The second-order valence-corrected chi connectivity index (χ2v) is 5.19. The van der Waals surface area contributed by atoms with Crippen molar-refractivity contribution in [2.75, 3.05) is 27.3 Å². The predicted octanol–water partition coefficient (Wildman–Crippen LogP) is 1.83. The van der Waals surface area contributed by atoms with E-state index in [2.05, 4.69) is 10.2 Å². The third-order valence-corrected chi connectivity index (χ3v) is 3.19. The quantitative estimate of drug-likeness (QED) is 0.841. The van der Waals surface area contributed by atoms with Gasteiger partial charge in [-0.25, -0.2) is 0 Å². The predicted molar refractivity (Wildman–Crippen MR) is 79.0 cm³/mol. The lowest BCUT2D eigenvalue weighted by molar-refractivity contribution is 0.0404. The highest BCUT2D eigenvalue weighted by Crippen LogP contribution is 2.26. The number of hydrogen-bond acceptors (Lipinski definition) is 6. The van der Waals surface area contributed by atoms with E-state index in [1.807, 2.05) is 30.1 Å². The van der Waals surface area contributed by atoms with E-state index in [0.717, 1.165) is 0 Å². The molecule has 0 fully saturated rings. The van der Waals surface area contributed by atoms with Gasteiger partial charge >= 0.3 is 0 Å². The molecule has 2 aromatic rings. The van der Waals surface area contributed by atoms with Gasteiger partial charge in [-0.15, -0.1) is 10.2 Å². The van der Waals surface area contributed by atoms with E-state index in [1.165, 1.54) is 0 Å². The maximum absolute atomic E-state index is 9.67. The van der Waals surface area contributed by atoms with Gasteiger partial charge in [0.15, 0.2) is 0 Å².